The molecule has 2 aromatic rings. The lowest BCUT2D eigenvalue weighted by atomic mass is 9.84. The van der Waals surface area contributed by atoms with Crippen molar-refractivity contribution in [2.24, 2.45) is 5.92 Å². The molecular weight excluding hydrogens is 450 g/mol. The first-order valence-corrected chi connectivity index (χ1v) is 11.9. The predicted molar refractivity (Wildman–Crippen MR) is 126 cm³/mol. The first kappa shape index (κ1) is 23.0. The molecule has 0 saturated carbocycles. The van der Waals surface area contributed by atoms with Crippen molar-refractivity contribution in [3.05, 3.63) is 53.6 Å². The van der Waals surface area contributed by atoms with E-state index in [1.165, 1.54) is 0 Å². The van der Waals surface area contributed by atoms with Gasteiger partial charge in [0, 0.05) is 18.4 Å². The molecule has 0 bridgehead atoms. The second kappa shape index (κ2) is 9.13. The van der Waals surface area contributed by atoms with Crippen LogP contribution in [0.25, 0.3) is 0 Å². The number of benzene rings is 2. The Morgan fingerprint density at radius 1 is 1.03 bits per heavy atom. The van der Waals surface area contributed by atoms with Gasteiger partial charge in [-0.3, -0.25) is 14.5 Å². The number of imide groups is 1. The van der Waals surface area contributed by atoms with Gasteiger partial charge in [0.1, 0.15) is 12.3 Å². The monoisotopic (exact) mass is 479 g/mol. The van der Waals surface area contributed by atoms with Crippen molar-refractivity contribution in [3.8, 4) is 17.2 Å². The van der Waals surface area contributed by atoms with E-state index in [-0.39, 0.29) is 18.5 Å². The summed E-state index contributed by atoms with van der Waals surface area (Å²) in [5, 5.41) is 5.83. The Bertz CT molecular complexity index is 1170. The van der Waals surface area contributed by atoms with Crippen molar-refractivity contribution < 1.29 is 28.6 Å². The molecule has 5 rings (SSSR count). The number of urea groups is 1. The third-order valence-corrected chi connectivity index (χ3v) is 6.67. The van der Waals surface area contributed by atoms with E-state index in [1.54, 1.807) is 18.2 Å². The van der Waals surface area contributed by atoms with E-state index in [9.17, 15) is 14.4 Å². The Kier molecular flexibility index (Phi) is 6.00. The van der Waals surface area contributed by atoms with E-state index in [4.69, 9.17) is 14.2 Å². The van der Waals surface area contributed by atoms with Crippen molar-refractivity contribution in [1.82, 2.24) is 15.5 Å². The molecule has 2 atom stereocenters. The third kappa shape index (κ3) is 4.15. The normalized spacial score (nSPS) is 21.7. The summed E-state index contributed by atoms with van der Waals surface area (Å²) in [6.07, 6.45) is 1.11. The molecule has 184 valence electrons. The molecule has 2 aromatic carbocycles. The minimum Gasteiger partial charge on any atom is -0.493 e. The summed E-state index contributed by atoms with van der Waals surface area (Å²) in [6.45, 7) is 5.08. The van der Waals surface area contributed by atoms with Crippen LogP contribution in [0.1, 0.15) is 43.9 Å². The molecule has 1 saturated heterocycles. The summed E-state index contributed by atoms with van der Waals surface area (Å²) in [4.78, 5) is 40.3. The number of nitrogens with one attached hydrogen (secondary N) is 2. The van der Waals surface area contributed by atoms with Gasteiger partial charge in [-0.05, 0) is 29.7 Å². The van der Waals surface area contributed by atoms with Crippen LogP contribution in [0.4, 0.5) is 4.79 Å². The topological polar surface area (TPSA) is 106 Å². The lowest BCUT2D eigenvalue weighted by Crippen LogP contribution is -2.48. The van der Waals surface area contributed by atoms with Gasteiger partial charge in [-0.15, -0.1) is 0 Å². The molecule has 35 heavy (non-hydrogen) atoms. The fourth-order valence-corrected chi connectivity index (χ4v) is 4.89. The highest BCUT2D eigenvalue weighted by atomic mass is 16.5. The zero-order valence-electron chi connectivity index (χ0n) is 19.8. The average Bonchev–Trinajstić information content (AvgIpc) is 3.00. The fraction of sp³-hybridized carbons (Fsp3) is 0.423. The van der Waals surface area contributed by atoms with E-state index in [1.807, 2.05) is 38.1 Å². The van der Waals surface area contributed by atoms with E-state index < -0.39 is 23.4 Å². The van der Waals surface area contributed by atoms with Crippen LogP contribution in [0.5, 0.6) is 17.2 Å². The molecule has 4 amide bonds. The van der Waals surface area contributed by atoms with Crippen LogP contribution < -0.4 is 24.8 Å². The number of hydrogen-bond acceptors (Lipinski definition) is 6. The quantitative estimate of drug-likeness (QED) is 0.639. The average molecular weight is 480 g/mol. The van der Waals surface area contributed by atoms with Crippen LogP contribution in [0.3, 0.4) is 0 Å². The van der Waals surface area contributed by atoms with Crippen LogP contribution in [-0.4, -0.2) is 49.1 Å². The highest BCUT2D eigenvalue weighted by Gasteiger charge is 2.55. The van der Waals surface area contributed by atoms with Crippen molar-refractivity contribution in [1.29, 1.82) is 0 Å². The maximum Gasteiger partial charge on any atom is 0.325 e. The minimum atomic E-state index is -1.21. The molecule has 0 aliphatic carbocycles. The first-order chi connectivity index (χ1) is 16.9. The van der Waals surface area contributed by atoms with Crippen LogP contribution in [-0.2, 0) is 15.1 Å². The molecule has 1 spiro atoms. The number of carbonyl (C=O) groups is 3. The molecular formula is C26H29N3O6. The van der Waals surface area contributed by atoms with E-state index in [0.29, 0.717) is 49.1 Å². The molecule has 0 radical (unpaired) electrons. The Morgan fingerprint density at radius 3 is 2.57 bits per heavy atom. The van der Waals surface area contributed by atoms with Gasteiger partial charge in [0.2, 0.25) is 5.91 Å². The Labute approximate surface area is 203 Å². The van der Waals surface area contributed by atoms with E-state index >= 15 is 0 Å². The number of ether oxygens (including phenoxy) is 3. The largest absolute Gasteiger partial charge is 0.493 e. The SMILES string of the molecule is CC(C)C(NC(=O)CN1C(=O)NC2(CCOc3ccccc32)C1=O)c1ccc2c(c1)OCCCO2. The van der Waals surface area contributed by atoms with E-state index in [0.717, 1.165) is 16.9 Å². The van der Waals surface area contributed by atoms with Gasteiger partial charge < -0.3 is 24.8 Å². The maximum atomic E-state index is 13.5. The van der Waals surface area contributed by atoms with Gasteiger partial charge in [-0.1, -0.05) is 38.1 Å². The standard InChI is InChI=1S/C26H29N3O6/c1-16(2)23(17-8-9-20-21(14-17)34-12-5-11-33-20)27-22(30)15-29-24(31)26(28-25(29)32)10-13-35-19-7-4-3-6-18(19)26/h3-4,6-9,14,16,23H,5,10-13,15H2,1-2H3,(H,27,30)(H,28,32). The number of para-hydroxylation sites is 1. The second-order valence-electron chi connectivity index (χ2n) is 9.37. The summed E-state index contributed by atoms with van der Waals surface area (Å²) in [7, 11) is 0. The number of fused-ring (bicyclic) bond motifs is 3. The molecule has 3 aliphatic heterocycles. The molecule has 2 N–H and O–H groups in total. The first-order valence-electron chi connectivity index (χ1n) is 11.9. The number of carbonyl (C=O) groups excluding carboxylic acids is 3. The van der Waals surface area contributed by atoms with Crippen LogP contribution in [0, 0.1) is 5.92 Å². The number of nitrogens with zero attached hydrogens (tertiary/aromatic N) is 1. The third-order valence-electron chi connectivity index (χ3n) is 6.67. The summed E-state index contributed by atoms with van der Waals surface area (Å²) < 4.78 is 17.2. The molecule has 9 nitrogen and oxygen atoms in total. The lowest BCUT2D eigenvalue weighted by Gasteiger charge is -2.33. The summed E-state index contributed by atoms with van der Waals surface area (Å²) >= 11 is 0. The Balaban J connectivity index is 1.33. The van der Waals surface area contributed by atoms with Crippen molar-refractivity contribution in [2.75, 3.05) is 26.4 Å². The predicted octanol–water partition coefficient (Wildman–Crippen LogP) is 2.89. The number of hydrogen-bond donors (Lipinski definition) is 2. The highest BCUT2D eigenvalue weighted by Crippen LogP contribution is 2.41. The van der Waals surface area contributed by atoms with Gasteiger partial charge in [0.05, 0.1) is 25.9 Å². The van der Waals surface area contributed by atoms with Gasteiger partial charge in [-0.25, -0.2) is 4.79 Å². The van der Waals surface area contributed by atoms with Gasteiger partial charge in [-0.2, -0.15) is 0 Å². The number of amides is 4. The number of rotatable bonds is 5. The van der Waals surface area contributed by atoms with Gasteiger partial charge in [0.15, 0.2) is 17.0 Å². The molecule has 3 aliphatic rings. The molecule has 0 aromatic heterocycles. The van der Waals surface area contributed by atoms with Gasteiger partial charge in [0.25, 0.3) is 5.91 Å². The molecule has 9 heteroatoms. The Hall–Kier alpha value is -3.75. The van der Waals surface area contributed by atoms with Crippen molar-refractivity contribution in [2.45, 2.75) is 38.3 Å². The van der Waals surface area contributed by atoms with Crippen LogP contribution >= 0.6 is 0 Å². The summed E-state index contributed by atoms with van der Waals surface area (Å²) in [5.41, 5.74) is 0.266. The maximum absolute atomic E-state index is 13.5. The molecule has 3 heterocycles. The van der Waals surface area contributed by atoms with Gasteiger partial charge >= 0.3 is 6.03 Å². The summed E-state index contributed by atoms with van der Waals surface area (Å²) in [5.74, 6) is 1.09. The lowest BCUT2D eigenvalue weighted by molar-refractivity contribution is -0.136. The molecule has 2 unspecified atom stereocenters. The fourth-order valence-electron chi connectivity index (χ4n) is 4.89. The minimum absolute atomic E-state index is 0.0560. The van der Waals surface area contributed by atoms with Crippen LogP contribution in [0.2, 0.25) is 0 Å². The Morgan fingerprint density at radius 2 is 1.77 bits per heavy atom. The van der Waals surface area contributed by atoms with E-state index in [2.05, 4.69) is 10.6 Å². The zero-order valence-corrected chi connectivity index (χ0v) is 19.8. The second-order valence-corrected chi connectivity index (χ2v) is 9.37. The highest BCUT2D eigenvalue weighted by molar-refractivity contribution is 6.09. The molecule has 1 fully saturated rings. The smallest absolute Gasteiger partial charge is 0.325 e. The van der Waals surface area contributed by atoms with Crippen molar-refractivity contribution >= 4 is 17.8 Å². The van der Waals surface area contributed by atoms with Crippen LogP contribution in [0.15, 0.2) is 42.5 Å². The zero-order chi connectivity index (χ0) is 24.6. The summed E-state index contributed by atoms with van der Waals surface area (Å²) in [6, 6.07) is 11.9. The van der Waals surface area contributed by atoms with Crippen molar-refractivity contribution in [3.63, 3.8) is 0 Å².